The van der Waals surface area contributed by atoms with E-state index in [2.05, 4.69) is 24.0 Å². The van der Waals surface area contributed by atoms with Gasteiger partial charge in [0, 0.05) is 12.8 Å². The Morgan fingerprint density at radius 1 is 1.07 bits per heavy atom. The fourth-order valence-electron chi connectivity index (χ4n) is 1.33. The molecule has 0 heterocycles. The largest absolute Gasteiger partial charge is 0.310 e. The number of allylic oxidation sites excluding steroid dienone is 1. The first kappa shape index (κ1) is 13.2. The molecule has 0 aromatic carbocycles. The zero-order valence-electron chi connectivity index (χ0n) is 9.47. The predicted octanol–water partition coefficient (Wildman–Crippen LogP) is 3.50. The van der Waals surface area contributed by atoms with Crippen LogP contribution in [0.5, 0.6) is 0 Å². The van der Waals surface area contributed by atoms with E-state index in [1.165, 1.54) is 44.9 Å². The quantitative estimate of drug-likeness (QED) is 0.323. The highest BCUT2D eigenvalue weighted by Crippen LogP contribution is 2.05. The van der Waals surface area contributed by atoms with E-state index in [1.54, 1.807) is 12.3 Å². The summed E-state index contributed by atoms with van der Waals surface area (Å²) in [4.78, 5) is 0. The number of rotatable bonds is 10. The van der Waals surface area contributed by atoms with Gasteiger partial charge in [0.15, 0.2) is 0 Å². The second-order valence-corrected chi connectivity index (χ2v) is 3.54. The minimum Gasteiger partial charge on any atom is -0.310 e. The van der Waals surface area contributed by atoms with Gasteiger partial charge in [-0.2, -0.15) is 5.10 Å². The van der Waals surface area contributed by atoms with Crippen LogP contribution in [0.1, 0.15) is 51.9 Å². The molecule has 0 aliphatic heterocycles. The lowest BCUT2D eigenvalue weighted by molar-refractivity contribution is 0.571. The second-order valence-electron chi connectivity index (χ2n) is 3.54. The predicted molar refractivity (Wildman–Crippen MR) is 64.7 cm³/mol. The van der Waals surface area contributed by atoms with Gasteiger partial charge in [0.25, 0.3) is 0 Å². The van der Waals surface area contributed by atoms with Crippen LogP contribution in [0.15, 0.2) is 17.8 Å². The smallest absolute Gasteiger partial charge is 0.0462 e. The molecule has 82 valence electrons. The summed E-state index contributed by atoms with van der Waals surface area (Å²) in [5.74, 6) is 0. The van der Waals surface area contributed by atoms with E-state index in [0.717, 1.165) is 6.54 Å². The molecule has 1 N–H and O–H groups in total. The Morgan fingerprint density at radius 2 is 1.71 bits per heavy atom. The Labute approximate surface area is 88.5 Å². The highest BCUT2D eigenvalue weighted by atomic mass is 15.3. The van der Waals surface area contributed by atoms with Crippen molar-refractivity contribution in [3.05, 3.63) is 12.7 Å². The van der Waals surface area contributed by atoms with E-state index < -0.39 is 0 Å². The molecule has 2 heteroatoms. The van der Waals surface area contributed by atoms with Gasteiger partial charge in [-0.25, -0.2) is 0 Å². The molecule has 0 aromatic rings. The van der Waals surface area contributed by atoms with Crippen LogP contribution in [0, 0.1) is 0 Å². The standard InChI is InChI=1S/C12H24N2/c1-3-5-6-7-8-9-10-12-14-13-11-4-2/h4,11,14H,2-3,5-10,12H2,1H3. The minimum atomic E-state index is 0.984. The lowest BCUT2D eigenvalue weighted by atomic mass is 10.1. The normalized spacial score (nSPS) is 10.6. The topological polar surface area (TPSA) is 24.4 Å². The van der Waals surface area contributed by atoms with Crippen molar-refractivity contribution in [1.29, 1.82) is 0 Å². The van der Waals surface area contributed by atoms with Crippen LogP contribution in [-0.2, 0) is 0 Å². The van der Waals surface area contributed by atoms with E-state index in [9.17, 15) is 0 Å². The molecule has 0 aromatic heterocycles. The molecule has 0 bridgehead atoms. The number of hydrogen-bond donors (Lipinski definition) is 1. The van der Waals surface area contributed by atoms with E-state index in [0.29, 0.717) is 0 Å². The first-order valence-corrected chi connectivity index (χ1v) is 5.78. The Bertz CT molecular complexity index is 141. The number of hydrazone groups is 1. The zero-order chi connectivity index (χ0) is 10.5. The minimum absolute atomic E-state index is 0.984. The first-order chi connectivity index (χ1) is 6.91. The summed E-state index contributed by atoms with van der Waals surface area (Å²) in [5.41, 5.74) is 2.99. The Hall–Kier alpha value is -0.790. The highest BCUT2D eigenvalue weighted by molar-refractivity contribution is 5.69. The third kappa shape index (κ3) is 11.2. The summed E-state index contributed by atoms with van der Waals surface area (Å²) in [6.45, 7) is 6.78. The summed E-state index contributed by atoms with van der Waals surface area (Å²) < 4.78 is 0. The maximum Gasteiger partial charge on any atom is 0.0462 e. The van der Waals surface area contributed by atoms with Gasteiger partial charge in [0.05, 0.1) is 0 Å². The average molecular weight is 196 g/mol. The highest BCUT2D eigenvalue weighted by Gasteiger charge is 1.89. The van der Waals surface area contributed by atoms with Crippen molar-refractivity contribution < 1.29 is 0 Å². The van der Waals surface area contributed by atoms with Gasteiger partial charge >= 0.3 is 0 Å². The molecule has 0 radical (unpaired) electrons. The van der Waals surface area contributed by atoms with Crippen molar-refractivity contribution >= 4 is 6.21 Å². The first-order valence-electron chi connectivity index (χ1n) is 5.78. The van der Waals surface area contributed by atoms with Crippen molar-refractivity contribution in [3.8, 4) is 0 Å². The average Bonchev–Trinajstić information content (AvgIpc) is 2.21. The van der Waals surface area contributed by atoms with Gasteiger partial charge in [-0.05, 0) is 12.5 Å². The zero-order valence-corrected chi connectivity index (χ0v) is 9.47. The summed E-state index contributed by atoms with van der Waals surface area (Å²) in [7, 11) is 0. The van der Waals surface area contributed by atoms with Crippen molar-refractivity contribution in [1.82, 2.24) is 5.43 Å². The van der Waals surface area contributed by atoms with Crippen LogP contribution >= 0.6 is 0 Å². The van der Waals surface area contributed by atoms with Gasteiger partial charge in [0.1, 0.15) is 0 Å². The third-order valence-corrected chi connectivity index (χ3v) is 2.16. The molecule has 14 heavy (non-hydrogen) atoms. The molecule has 0 aliphatic carbocycles. The van der Waals surface area contributed by atoms with Gasteiger partial charge in [0.2, 0.25) is 0 Å². The Morgan fingerprint density at radius 3 is 2.36 bits per heavy atom. The number of unbranched alkanes of at least 4 members (excludes halogenated alkanes) is 6. The van der Waals surface area contributed by atoms with Crippen LogP contribution < -0.4 is 5.43 Å². The van der Waals surface area contributed by atoms with Crippen molar-refractivity contribution in [2.45, 2.75) is 51.9 Å². The molecular formula is C12H24N2. The lowest BCUT2D eigenvalue weighted by Crippen LogP contribution is -2.06. The van der Waals surface area contributed by atoms with E-state index in [4.69, 9.17) is 0 Å². The van der Waals surface area contributed by atoms with Crippen molar-refractivity contribution in [2.24, 2.45) is 5.10 Å². The summed E-state index contributed by atoms with van der Waals surface area (Å²) >= 11 is 0. The molecule has 0 fully saturated rings. The fourth-order valence-corrected chi connectivity index (χ4v) is 1.33. The molecule has 0 amide bonds. The molecular weight excluding hydrogens is 172 g/mol. The molecule has 0 atom stereocenters. The molecule has 0 spiro atoms. The molecule has 2 nitrogen and oxygen atoms in total. The maximum absolute atomic E-state index is 3.94. The second kappa shape index (κ2) is 12.2. The van der Waals surface area contributed by atoms with E-state index >= 15 is 0 Å². The molecule has 0 rings (SSSR count). The molecule has 0 saturated heterocycles. The van der Waals surface area contributed by atoms with Crippen LogP contribution in [0.3, 0.4) is 0 Å². The lowest BCUT2D eigenvalue weighted by Gasteiger charge is -2.00. The van der Waals surface area contributed by atoms with Crippen LogP contribution in [-0.4, -0.2) is 12.8 Å². The van der Waals surface area contributed by atoms with Gasteiger partial charge in [-0.3, -0.25) is 0 Å². The van der Waals surface area contributed by atoms with Crippen LogP contribution in [0.4, 0.5) is 0 Å². The van der Waals surface area contributed by atoms with Crippen LogP contribution in [0.25, 0.3) is 0 Å². The maximum atomic E-state index is 3.94. The summed E-state index contributed by atoms with van der Waals surface area (Å²) in [6, 6.07) is 0. The van der Waals surface area contributed by atoms with Gasteiger partial charge in [-0.15, -0.1) is 0 Å². The van der Waals surface area contributed by atoms with E-state index in [1.807, 2.05) is 0 Å². The van der Waals surface area contributed by atoms with E-state index in [-0.39, 0.29) is 0 Å². The van der Waals surface area contributed by atoms with Crippen LogP contribution in [0.2, 0.25) is 0 Å². The number of nitrogens with one attached hydrogen (secondary N) is 1. The molecule has 0 aliphatic rings. The van der Waals surface area contributed by atoms with Crippen molar-refractivity contribution in [2.75, 3.05) is 6.54 Å². The molecule has 0 saturated carbocycles. The number of nitrogens with zero attached hydrogens (tertiary/aromatic N) is 1. The van der Waals surface area contributed by atoms with Gasteiger partial charge < -0.3 is 5.43 Å². The van der Waals surface area contributed by atoms with Gasteiger partial charge in [-0.1, -0.05) is 52.0 Å². The Balaban J connectivity index is 2.91. The summed E-state index contributed by atoms with van der Waals surface area (Å²) in [6.07, 6.45) is 12.8. The molecule has 0 unspecified atom stereocenters. The van der Waals surface area contributed by atoms with Crippen molar-refractivity contribution in [3.63, 3.8) is 0 Å². The number of hydrogen-bond acceptors (Lipinski definition) is 2. The Kier molecular flexibility index (Phi) is 11.5. The monoisotopic (exact) mass is 196 g/mol. The SMILES string of the molecule is C=CC=NNCCCCCCCCC. The fraction of sp³-hybridized carbons (Fsp3) is 0.750. The third-order valence-electron chi connectivity index (χ3n) is 2.16. The summed E-state index contributed by atoms with van der Waals surface area (Å²) in [5, 5.41) is 3.94.